The Labute approximate surface area is 117 Å². The Bertz CT molecular complexity index is 382. The predicted molar refractivity (Wildman–Crippen MR) is 77.2 cm³/mol. The highest BCUT2D eigenvalue weighted by Gasteiger charge is 2.12. The van der Waals surface area contributed by atoms with Gasteiger partial charge in [0.15, 0.2) is 0 Å². The summed E-state index contributed by atoms with van der Waals surface area (Å²) in [5.74, 6) is 0.903. The van der Waals surface area contributed by atoms with Crippen LogP contribution in [0.4, 0.5) is 0 Å². The fraction of sp³-hybridized carbons (Fsp3) is 0.500. The molecule has 0 fully saturated rings. The van der Waals surface area contributed by atoms with Crippen molar-refractivity contribution in [1.29, 1.82) is 0 Å². The minimum absolute atomic E-state index is 0.0300. The van der Waals surface area contributed by atoms with Gasteiger partial charge in [-0.15, -0.1) is 0 Å². The van der Waals surface area contributed by atoms with E-state index in [1.165, 1.54) is 0 Å². The van der Waals surface area contributed by atoms with E-state index in [1.807, 2.05) is 31.2 Å². The Morgan fingerprint density at radius 1 is 1.39 bits per heavy atom. The number of hydrogen-bond donors (Lipinski definition) is 1. The lowest BCUT2D eigenvalue weighted by atomic mass is 10.1. The number of nitrogens with one attached hydrogen (secondary N) is 1. The highest BCUT2D eigenvalue weighted by Crippen LogP contribution is 2.24. The number of carbonyl (C=O) groups is 1. The summed E-state index contributed by atoms with van der Waals surface area (Å²) in [7, 11) is 1.64. The van der Waals surface area contributed by atoms with Crippen molar-refractivity contribution in [2.24, 2.45) is 0 Å². The van der Waals surface area contributed by atoms with Crippen molar-refractivity contribution < 1.29 is 9.53 Å². The minimum Gasteiger partial charge on any atom is -0.496 e. The Morgan fingerprint density at radius 3 is 2.78 bits per heavy atom. The summed E-state index contributed by atoms with van der Waals surface area (Å²) in [5.41, 5.74) is 1.01. The first kappa shape index (κ1) is 15.0. The number of benzene rings is 1. The molecule has 1 atom stereocenters. The first-order valence-corrected chi connectivity index (χ1v) is 7.29. The van der Waals surface area contributed by atoms with Gasteiger partial charge in [-0.05, 0) is 25.8 Å². The summed E-state index contributed by atoms with van der Waals surface area (Å²) in [6.45, 7) is 1.97. The number of hydrogen-bond acceptors (Lipinski definition) is 2. The summed E-state index contributed by atoms with van der Waals surface area (Å²) >= 11 is 3.36. The third kappa shape index (κ3) is 4.69. The zero-order valence-electron chi connectivity index (χ0n) is 10.9. The molecule has 0 radical (unpaired) electrons. The molecule has 1 rings (SSSR count). The number of carbonyl (C=O) groups excluding carboxylic acids is 1. The molecule has 0 heterocycles. The second kappa shape index (κ2) is 8.14. The molecule has 100 valence electrons. The smallest absolute Gasteiger partial charge is 0.220 e. The van der Waals surface area contributed by atoms with Crippen LogP contribution in [0.2, 0.25) is 0 Å². The summed E-state index contributed by atoms with van der Waals surface area (Å²) < 4.78 is 5.29. The number of ether oxygens (including phenoxy) is 1. The van der Waals surface area contributed by atoms with Crippen LogP contribution in [0, 0.1) is 0 Å². The molecular formula is C14H20BrNO2. The van der Waals surface area contributed by atoms with Crippen molar-refractivity contribution >= 4 is 21.8 Å². The minimum atomic E-state index is -0.0300. The molecule has 18 heavy (non-hydrogen) atoms. The largest absolute Gasteiger partial charge is 0.496 e. The quantitative estimate of drug-likeness (QED) is 0.618. The Hall–Kier alpha value is -1.03. The van der Waals surface area contributed by atoms with Crippen molar-refractivity contribution in [3.05, 3.63) is 29.8 Å². The van der Waals surface area contributed by atoms with Gasteiger partial charge in [-0.1, -0.05) is 34.1 Å². The van der Waals surface area contributed by atoms with Crippen molar-refractivity contribution in [2.75, 3.05) is 12.4 Å². The van der Waals surface area contributed by atoms with E-state index in [2.05, 4.69) is 21.2 Å². The van der Waals surface area contributed by atoms with E-state index in [1.54, 1.807) is 7.11 Å². The lowest BCUT2D eigenvalue weighted by Gasteiger charge is -2.17. The van der Waals surface area contributed by atoms with Gasteiger partial charge in [-0.25, -0.2) is 0 Å². The van der Waals surface area contributed by atoms with Gasteiger partial charge in [0.25, 0.3) is 0 Å². The lowest BCUT2D eigenvalue weighted by molar-refractivity contribution is -0.121. The Balaban J connectivity index is 2.53. The van der Waals surface area contributed by atoms with Gasteiger partial charge in [0, 0.05) is 17.3 Å². The lowest BCUT2D eigenvalue weighted by Crippen LogP contribution is -2.26. The average Bonchev–Trinajstić information content (AvgIpc) is 2.39. The summed E-state index contributed by atoms with van der Waals surface area (Å²) in [6.07, 6.45) is 2.51. The van der Waals surface area contributed by atoms with Gasteiger partial charge in [0.1, 0.15) is 5.75 Å². The molecule has 1 amide bonds. The fourth-order valence-electron chi connectivity index (χ4n) is 1.80. The number of methoxy groups -OCH3 is 1. The second-order valence-corrected chi connectivity index (χ2v) is 4.97. The zero-order valence-corrected chi connectivity index (χ0v) is 12.5. The van der Waals surface area contributed by atoms with Crippen molar-refractivity contribution in [3.8, 4) is 5.75 Å². The SMILES string of the molecule is COc1ccccc1C(C)NC(=O)CCCCBr. The standard InChI is InChI=1S/C14H20BrNO2/c1-11(16-14(17)9-5-6-10-15)12-7-3-4-8-13(12)18-2/h3-4,7-8,11H,5-6,9-10H2,1-2H3,(H,16,17). The van der Waals surface area contributed by atoms with Crippen molar-refractivity contribution in [1.82, 2.24) is 5.32 Å². The highest BCUT2D eigenvalue weighted by molar-refractivity contribution is 9.09. The first-order valence-electron chi connectivity index (χ1n) is 6.17. The number of rotatable bonds is 7. The third-order valence-electron chi connectivity index (χ3n) is 2.77. The van der Waals surface area contributed by atoms with Crippen molar-refractivity contribution in [3.63, 3.8) is 0 Å². The molecule has 1 aromatic rings. The summed E-state index contributed by atoms with van der Waals surface area (Å²) in [4.78, 5) is 11.7. The molecule has 0 spiro atoms. The topological polar surface area (TPSA) is 38.3 Å². The van der Waals surface area contributed by atoms with Crippen molar-refractivity contribution in [2.45, 2.75) is 32.2 Å². The normalized spacial score (nSPS) is 11.9. The molecule has 0 saturated carbocycles. The van der Waals surface area contributed by atoms with E-state index in [4.69, 9.17) is 4.74 Å². The molecule has 1 N–H and O–H groups in total. The van der Waals surface area contributed by atoms with E-state index in [0.29, 0.717) is 6.42 Å². The maximum atomic E-state index is 11.7. The molecule has 0 bridgehead atoms. The molecular weight excluding hydrogens is 294 g/mol. The van der Waals surface area contributed by atoms with E-state index < -0.39 is 0 Å². The number of alkyl halides is 1. The molecule has 1 unspecified atom stereocenters. The summed E-state index contributed by atoms with van der Waals surface area (Å²) in [5, 5.41) is 3.94. The van der Waals surface area contributed by atoms with Gasteiger partial charge in [0.05, 0.1) is 13.2 Å². The Kier molecular flexibility index (Phi) is 6.80. The fourth-order valence-corrected chi connectivity index (χ4v) is 2.19. The van der Waals surface area contributed by atoms with E-state index in [0.717, 1.165) is 29.5 Å². The molecule has 0 aliphatic rings. The van der Waals surface area contributed by atoms with E-state index in [9.17, 15) is 4.79 Å². The van der Waals surface area contributed by atoms with E-state index >= 15 is 0 Å². The van der Waals surface area contributed by atoms with E-state index in [-0.39, 0.29) is 11.9 Å². The maximum absolute atomic E-state index is 11.7. The molecule has 0 aliphatic carbocycles. The molecule has 3 nitrogen and oxygen atoms in total. The van der Waals surface area contributed by atoms with Gasteiger partial charge in [0.2, 0.25) is 5.91 Å². The van der Waals surface area contributed by atoms with Crippen LogP contribution in [0.3, 0.4) is 0 Å². The number of amides is 1. The predicted octanol–water partition coefficient (Wildman–Crippen LogP) is 3.44. The third-order valence-corrected chi connectivity index (χ3v) is 3.33. The van der Waals surface area contributed by atoms with Crippen LogP contribution in [0.25, 0.3) is 0 Å². The first-order chi connectivity index (χ1) is 8.69. The molecule has 0 aromatic heterocycles. The van der Waals surface area contributed by atoms with Gasteiger partial charge in [-0.2, -0.15) is 0 Å². The highest BCUT2D eigenvalue weighted by atomic mass is 79.9. The monoisotopic (exact) mass is 313 g/mol. The van der Waals surface area contributed by atoms with Crippen LogP contribution >= 0.6 is 15.9 Å². The van der Waals surface area contributed by atoms with Gasteiger partial charge in [-0.3, -0.25) is 4.79 Å². The van der Waals surface area contributed by atoms with Gasteiger partial charge < -0.3 is 10.1 Å². The van der Waals surface area contributed by atoms with Crippen LogP contribution in [0.15, 0.2) is 24.3 Å². The van der Waals surface area contributed by atoms with Crippen LogP contribution in [-0.4, -0.2) is 18.3 Å². The molecule has 4 heteroatoms. The van der Waals surface area contributed by atoms with Crippen LogP contribution in [0.1, 0.15) is 37.8 Å². The summed E-state index contributed by atoms with van der Waals surface area (Å²) in [6, 6.07) is 7.72. The second-order valence-electron chi connectivity index (χ2n) is 4.18. The number of halogens is 1. The molecule has 0 saturated heterocycles. The maximum Gasteiger partial charge on any atom is 0.220 e. The number of para-hydroxylation sites is 1. The number of unbranched alkanes of at least 4 members (excludes halogenated alkanes) is 1. The Morgan fingerprint density at radius 2 is 2.11 bits per heavy atom. The van der Waals surface area contributed by atoms with Gasteiger partial charge >= 0.3 is 0 Å². The van der Waals surface area contributed by atoms with Crippen LogP contribution < -0.4 is 10.1 Å². The average molecular weight is 314 g/mol. The zero-order chi connectivity index (χ0) is 13.4. The molecule has 1 aromatic carbocycles. The van der Waals surface area contributed by atoms with Crippen LogP contribution in [-0.2, 0) is 4.79 Å². The molecule has 0 aliphatic heterocycles. The van der Waals surface area contributed by atoms with Crippen LogP contribution in [0.5, 0.6) is 5.75 Å².